The fourth-order valence-electron chi connectivity index (χ4n) is 1.94. The van der Waals surface area contributed by atoms with E-state index in [1.807, 2.05) is 6.92 Å². The standard InChI is InChI=1S/C12H17N3O4/c1-8-3-10(15(16)17)5-14-12(8)18-7-11-6-13-4-9(2)19-11/h3,5,9,11,13H,4,6-7H2,1-2H3. The third-order valence-corrected chi connectivity index (χ3v) is 2.86. The molecule has 0 saturated carbocycles. The molecule has 7 nitrogen and oxygen atoms in total. The zero-order chi connectivity index (χ0) is 13.8. The van der Waals surface area contributed by atoms with Crippen molar-refractivity contribution in [3.8, 4) is 5.88 Å². The molecule has 2 heterocycles. The van der Waals surface area contributed by atoms with Crippen LogP contribution in [-0.4, -0.2) is 41.8 Å². The Morgan fingerprint density at radius 2 is 2.42 bits per heavy atom. The van der Waals surface area contributed by atoms with Crippen molar-refractivity contribution < 1.29 is 14.4 Å². The van der Waals surface area contributed by atoms with E-state index >= 15 is 0 Å². The first-order valence-corrected chi connectivity index (χ1v) is 6.16. The van der Waals surface area contributed by atoms with E-state index in [4.69, 9.17) is 9.47 Å². The van der Waals surface area contributed by atoms with Gasteiger partial charge in [-0.25, -0.2) is 4.98 Å². The largest absolute Gasteiger partial charge is 0.475 e. The maximum Gasteiger partial charge on any atom is 0.288 e. The molecule has 0 aliphatic carbocycles. The summed E-state index contributed by atoms with van der Waals surface area (Å²) in [6.45, 7) is 5.68. The van der Waals surface area contributed by atoms with E-state index in [1.165, 1.54) is 12.3 Å². The molecule has 0 bridgehead atoms. The van der Waals surface area contributed by atoms with Crippen LogP contribution in [0.15, 0.2) is 12.3 Å². The van der Waals surface area contributed by atoms with Crippen molar-refractivity contribution in [3.05, 3.63) is 27.9 Å². The van der Waals surface area contributed by atoms with Gasteiger partial charge in [0.2, 0.25) is 5.88 Å². The van der Waals surface area contributed by atoms with Gasteiger partial charge < -0.3 is 14.8 Å². The van der Waals surface area contributed by atoms with Gasteiger partial charge in [-0.15, -0.1) is 0 Å². The highest BCUT2D eigenvalue weighted by atomic mass is 16.6. The Hall–Kier alpha value is -1.73. The van der Waals surface area contributed by atoms with Crippen molar-refractivity contribution >= 4 is 5.69 Å². The van der Waals surface area contributed by atoms with Crippen molar-refractivity contribution in [1.82, 2.24) is 10.3 Å². The summed E-state index contributed by atoms with van der Waals surface area (Å²) < 4.78 is 11.2. The molecule has 1 aliphatic heterocycles. The number of hydrogen-bond acceptors (Lipinski definition) is 6. The first-order chi connectivity index (χ1) is 9.06. The number of hydrogen-bond donors (Lipinski definition) is 1. The van der Waals surface area contributed by atoms with Gasteiger partial charge in [0.05, 0.1) is 11.0 Å². The molecule has 0 radical (unpaired) electrons. The second-order valence-electron chi connectivity index (χ2n) is 4.61. The van der Waals surface area contributed by atoms with Crippen LogP contribution in [0.3, 0.4) is 0 Å². The van der Waals surface area contributed by atoms with Gasteiger partial charge in [-0.1, -0.05) is 0 Å². The van der Waals surface area contributed by atoms with E-state index in [0.717, 1.165) is 13.1 Å². The van der Waals surface area contributed by atoms with E-state index < -0.39 is 4.92 Å². The lowest BCUT2D eigenvalue weighted by atomic mass is 10.2. The van der Waals surface area contributed by atoms with E-state index in [1.54, 1.807) is 6.92 Å². The van der Waals surface area contributed by atoms with Crippen LogP contribution in [0.5, 0.6) is 5.88 Å². The normalized spacial score (nSPS) is 23.1. The Balaban J connectivity index is 1.94. The maximum absolute atomic E-state index is 10.6. The number of ether oxygens (including phenoxy) is 2. The van der Waals surface area contributed by atoms with Crippen molar-refractivity contribution in [2.75, 3.05) is 19.7 Å². The molecule has 0 spiro atoms. The van der Waals surface area contributed by atoms with E-state index in [0.29, 0.717) is 18.1 Å². The summed E-state index contributed by atoms with van der Waals surface area (Å²) in [5.74, 6) is 0.410. The average Bonchev–Trinajstić information content (AvgIpc) is 2.37. The molecule has 19 heavy (non-hydrogen) atoms. The fourth-order valence-corrected chi connectivity index (χ4v) is 1.94. The van der Waals surface area contributed by atoms with Crippen LogP contribution in [0.4, 0.5) is 5.69 Å². The third-order valence-electron chi connectivity index (χ3n) is 2.86. The molecule has 1 aliphatic rings. The summed E-state index contributed by atoms with van der Waals surface area (Å²) in [4.78, 5) is 14.1. The molecule has 1 fully saturated rings. The molecule has 7 heteroatoms. The lowest BCUT2D eigenvalue weighted by Crippen LogP contribution is -2.45. The number of nitrogens with one attached hydrogen (secondary N) is 1. The first kappa shape index (κ1) is 13.7. The fraction of sp³-hybridized carbons (Fsp3) is 0.583. The Morgan fingerprint density at radius 1 is 1.63 bits per heavy atom. The molecule has 1 aromatic rings. The van der Waals surface area contributed by atoms with Crippen molar-refractivity contribution in [2.45, 2.75) is 26.1 Å². The van der Waals surface area contributed by atoms with E-state index in [-0.39, 0.29) is 17.9 Å². The molecule has 2 rings (SSSR count). The summed E-state index contributed by atoms with van der Waals surface area (Å²) in [7, 11) is 0. The number of rotatable bonds is 4. The number of morpholine rings is 1. The van der Waals surface area contributed by atoms with Crippen LogP contribution in [0, 0.1) is 17.0 Å². The Labute approximate surface area is 111 Å². The van der Waals surface area contributed by atoms with E-state index in [9.17, 15) is 10.1 Å². The minimum Gasteiger partial charge on any atom is -0.475 e. The number of nitro groups is 1. The smallest absolute Gasteiger partial charge is 0.288 e. The molecule has 0 aromatic carbocycles. The maximum atomic E-state index is 10.6. The molecule has 2 atom stereocenters. The minimum atomic E-state index is -0.473. The lowest BCUT2D eigenvalue weighted by Gasteiger charge is -2.28. The molecule has 1 aromatic heterocycles. The van der Waals surface area contributed by atoms with Crippen molar-refractivity contribution in [3.63, 3.8) is 0 Å². The van der Waals surface area contributed by atoms with Gasteiger partial charge >= 0.3 is 0 Å². The highest BCUT2D eigenvalue weighted by Gasteiger charge is 2.20. The molecular weight excluding hydrogens is 250 g/mol. The predicted molar refractivity (Wildman–Crippen MR) is 68.3 cm³/mol. The highest BCUT2D eigenvalue weighted by Crippen LogP contribution is 2.20. The SMILES string of the molecule is Cc1cc([N+](=O)[O-])cnc1OCC1CNCC(C)O1. The number of nitrogens with zero attached hydrogens (tertiary/aromatic N) is 2. The molecule has 0 amide bonds. The topological polar surface area (TPSA) is 86.5 Å². The molecule has 1 N–H and O–H groups in total. The average molecular weight is 267 g/mol. The van der Waals surface area contributed by atoms with Crippen molar-refractivity contribution in [1.29, 1.82) is 0 Å². The molecular formula is C12H17N3O4. The van der Waals surface area contributed by atoms with Gasteiger partial charge in [0.25, 0.3) is 5.69 Å². The quantitative estimate of drug-likeness (QED) is 0.648. The lowest BCUT2D eigenvalue weighted by molar-refractivity contribution is -0.385. The van der Waals surface area contributed by atoms with Crippen LogP contribution in [0.25, 0.3) is 0 Å². The molecule has 2 unspecified atom stereocenters. The Morgan fingerprint density at radius 3 is 3.05 bits per heavy atom. The summed E-state index contributed by atoms with van der Waals surface area (Å²) in [5.41, 5.74) is 0.611. The van der Waals surface area contributed by atoms with Crippen LogP contribution in [0.2, 0.25) is 0 Å². The Kier molecular flexibility index (Phi) is 4.28. The second kappa shape index (κ2) is 5.94. The first-order valence-electron chi connectivity index (χ1n) is 6.16. The van der Waals surface area contributed by atoms with Crippen LogP contribution >= 0.6 is 0 Å². The van der Waals surface area contributed by atoms with Gasteiger partial charge in [-0.3, -0.25) is 10.1 Å². The summed E-state index contributed by atoms with van der Waals surface area (Å²) in [6.07, 6.45) is 1.33. The third kappa shape index (κ3) is 3.62. The zero-order valence-electron chi connectivity index (χ0n) is 11.0. The molecule has 104 valence electrons. The number of aryl methyl sites for hydroxylation is 1. The van der Waals surface area contributed by atoms with Crippen LogP contribution in [0.1, 0.15) is 12.5 Å². The van der Waals surface area contributed by atoms with Gasteiger partial charge in [0.1, 0.15) is 18.9 Å². The zero-order valence-corrected chi connectivity index (χ0v) is 11.0. The summed E-state index contributed by atoms with van der Waals surface area (Å²) in [5, 5.41) is 13.8. The van der Waals surface area contributed by atoms with E-state index in [2.05, 4.69) is 10.3 Å². The van der Waals surface area contributed by atoms with Crippen LogP contribution < -0.4 is 10.1 Å². The summed E-state index contributed by atoms with van der Waals surface area (Å²) >= 11 is 0. The van der Waals surface area contributed by atoms with Gasteiger partial charge in [-0.2, -0.15) is 0 Å². The summed E-state index contributed by atoms with van der Waals surface area (Å²) in [6, 6.07) is 1.45. The second-order valence-corrected chi connectivity index (χ2v) is 4.61. The number of aromatic nitrogens is 1. The molecule has 1 saturated heterocycles. The van der Waals surface area contributed by atoms with Crippen molar-refractivity contribution in [2.24, 2.45) is 0 Å². The minimum absolute atomic E-state index is 0.0276. The monoisotopic (exact) mass is 267 g/mol. The number of pyridine rings is 1. The van der Waals surface area contributed by atoms with Gasteiger partial charge in [0.15, 0.2) is 0 Å². The predicted octanol–water partition coefficient (Wildman–Crippen LogP) is 1.05. The van der Waals surface area contributed by atoms with Gasteiger partial charge in [0, 0.05) is 24.7 Å². The van der Waals surface area contributed by atoms with Crippen LogP contribution in [-0.2, 0) is 4.74 Å². The highest BCUT2D eigenvalue weighted by molar-refractivity contribution is 5.36. The Bertz CT molecular complexity index is 466. The van der Waals surface area contributed by atoms with Gasteiger partial charge in [-0.05, 0) is 13.8 Å².